The van der Waals surface area contributed by atoms with Gasteiger partial charge in [0.05, 0.1) is 25.0 Å². The van der Waals surface area contributed by atoms with E-state index in [-0.39, 0.29) is 6.54 Å². The van der Waals surface area contributed by atoms with Gasteiger partial charge in [0, 0.05) is 11.8 Å². The van der Waals surface area contributed by atoms with Crippen molar-refractivity contribution in [1.82, 2.24) is 15.1 Å². The van der Waals surface area contributed by atoms with Crippen LogP contribution < -0.4 is 10.1 Å². The molecule has 0 aliphatic heterocycles. The number of nitrogens with zero attached hydrogens (tertiary/aromatic N) is 2. The average molecular weight is 407 g/mol. The fourth-order valence-electron chi connectivity index (χ4n) is 2.92. The Morgan fingerprint density at radius 3 is 2.53 bits per heavy atom. The minimum Gasteiger partial charge on any atom is -0.496 e. The molecule has 0 saturated heterocycles. The van der Waals surface area contributed by atoms with Gasteiger partial charge in [-0.15, -0.1) is 0 Å². The Hall–Kier alpha value is -3.61. The molecule has 7 heteroatoms. The molecule has 30 heavy (non-hydrogen) atoms. The summed E-state index contributed by atoms with van der Waals surface area (Å²) in [6.07, 6.45) is 3.37. The van der Waals surface area contributed by atoms with Crippen molar-refractivity contribution in [3.63, 3.8) is 0 Å². The first-order valence-corrected chi connectivity index (χ1v) is 9.86. The van der Waals surface area contributed by atoms with Crippen molar-refractivity contribution >= 4 is 11.9 Å². The number of aromatic nitrogens is 2. The minimum atomic E-state index is -0.467. The van der Waals surface area contributed by atoms with Crippen molar-refractivity contribution in [3.05, 3.63) is 66.4 Å². The topological polar surface area (TPSA) is 82.5 Å². The van der Waals surface area contributed by atoms with E-state index in [4.69, 9.17) is 9.47 Å². The monoisotopic (exact) mass is 407 g/mol. The lowest BCUT2D eigenvalue weighted by Crippen LogP contribution is -2.30. The Balaban J connectivity index is 1.89. The van der Waals surface area contributed by atoms with Crippen molar-refractivity contribution in [2.45, 2.75) is 19.8 Å². The summed E-state index contributed by atoms with van der Waals surface area (Å²) < 4.78 is 12.2. The number of hydrogen-bond donors (Lipinski definition) is 1. The van der Waals surface area contributed by atoms with Crippen LogP contribution in [-0.4, -0.2) is 41.9 Å². The highest BCUT2D eigenvalue weighted by Crippen LogP contribution is 2.31. The first-order chi connectivity index (χ1) is 14.6. The van der Waals surface area contributed by atoms with Crippen LogP contribution in [0.15, 0.2) is 60.8 Å². The molecule has 0 bridgehead atoms. The zero-order valence-corrected chi connectivity index (χ0v) is 17.1. The zero-order chi connectivity index (χ0) is 21.3. The largest absolute Gasteiger partial charge is 0.496 e. The number of ether oxygens (including phenoxy) is 2. The second-order valence-electron chi connectivity index (χ2n) is 6.63. The molecule has 0 fully saturated rings. The Bertz CT molecular complexity index is 999. The third-order valence-corrected chi connectivity index (χ3v) is 4.50. The maximum Gasteiger partial charge on any atom is 0.325 e. The highest BCUT2D eigenvalue weighted by atomic mass is 16.5. The standard InChI is InChI=1S/C23H25N3O4/c1-3-4-14-30-21(27)15-24-23(28)19-16-26(17-10-6-5-7-11-17)25-22(19)18-12-8-9-13-20(18)29-2/h5-13,16H,3-4,14-15H2,1-2H3,(H,24,28). The number of hydrogen-bond acceptors (Lipinski definition) is 5. The molecule has 2 aromatic carbocycles. The predicted octanol–water partition coefficient (Wildman–Crippen LogP) is 3.62. The fourth-order valence-corrected chi connectivity index (χ4v) is 2.92. The number of carbonyl (C=O) groups is 2. The van der Waals surface area contributed by atoms with E-state index < -0.39 is 11.9 Å². The van der Waals surface area contributed by atoms with Crippen LogP contribution in [0.1, 0.15) is 30.1 Å². The van der Waals surface area contributed by atoms with Crippen molar-refractivity contribution in [2.75, 3.05) is 20.3 Å². The summed E-state index contributed by atoms with van der Waals surface area (Å²) in [5, 5.41) is 7.26. The van der Waals surface area contributed by atoms with Gasteiger partial charge in [-0.1, -0.05) is 43.7 Å². The maximum atomic E-state index is 12.9. The highest BCUT2D eigenvalue weighted by Gasteiger charge is 2.21. The van der Waals surface area contributed by atoms with Gasteiger partial charge in [0.25, 0.3) is 5.91 Å². The number of rotatable bonds is 9. The molecule has 156 valence electrons. The van der Waals surface area contributed by atoms with Crippen LogP contribution in [0.25, 0.3) is 16.9 Å². The molecule has 0 aliphatic carbocycles. The van der Waals surface area contributed by atoms with Gasteiger partial charge in [0.2, 0.25) is 0 Å². The molecule has 1 heterocycles. The molecule has 0 saturated carbocycles. The summed E-state index contributed by atoms with van der Waals surface area (Å²) >= 11 is 0. The third-order valence-electron chi connectivity index (χ3n) is 4.50. The summed E-state index contributed by atoms with van der Waals surface area (Å²) in [6.45, 7) is 2.16. The quantitative estimate of drug-likeness (QED) is 0.433. The van der Waals surface area contributed by atoms with Crippen molar-refractivity contribution in [2.24, 2.45) is 0 Å². The lowest BCUT2D eigenvalue weighted by Gasteiger charge is -2.08. The van der Waals surface area contributed by atoms with Gasteiger partial charge < -0.3 is 14.8 Å². The van der Waals surface area contributed by atoms with Crippen LogP contribution >= 0.6 is 0 Å². The average Bonchev–Trinajstić information content (AvgIpc) is 3.23. The maximum absolute atomic E-state index is 12.9. The summed E-state index contributed by atoms with van der Waals surface area (Å²) in [5.74, 6) is -0.277. The minimum absolute atomic E-state index is 0.204. The first kappa shape index (κ1) is 21.1. The molecule has 3 aromatic rings. The van der Waals surface area contributed by atoms with E-state index in [0.29, 0.717) is 29.2 Å². The van der Waals surface area contributed by atoms with Gasteiger partial charge >= 0.3 is 5.97 Å². The van der Waals surface area contributed by atoms with E-state index in [1.165, 1.54) is 0 Å². The molecular weight excluding hydrogens is 382 g/mol. The van der Waals surface area contributed by atoms with E-state index in [2.05, 4.69) is 10.4 Å². The smallest absolute Gasteiger partial charge is 0.325 e. The number of benzene rings is 2. The lowest BCUT2D eigenvalue weighted by atomic mass is 10.1. The molecule has 0 radical (unpaired) electrons. The van der Waals surface area contributed by atoms with Gasteiger partial charge in [-0.2, -0.15) is 5.10 Å². The van der Waals surface area contributed by atoms with Gasteiger partial charge in [-0.3, -0.25) is 9.59 Å². The van der Waals surface area contributed by atoms with E-state index in [1.54, 1.807) is 18.0 Å². The molecule has 0 aliphatic rings. The van der Waals surface area contributed by atoms with Crippen LogP contribution in [0.5, 0.6) is 5.75 Å². The molecular formula is C23H25N3O4. The molecule has 1 aromatic heterocycles. The SMILES string of the molecule is CCCCOC(=O)CNC(=O)c1cn(-c2ccccc2)nc1-c1ccccc1OC. The van der Waals surface area contributed by atoms with Crippen molar-refractivity contribution in [1.29, 1.82) is 0 Å². The number of nitrogens with one attached hydrogen (secondary N) is 1. The van der Waals surface area contributed by atoms with Crippen LogP contribution in [-0.2, 0) is 9.53 Å². The molecule has 3 rings (SSSR count). The number of esters is 1. The van der Waals surface area contributed by atoms with Crippen molar-refractivity contribution < 1.29 is 19.1 Å². The molecule has 1 amide bonds. The normalized spacial score (nSPS) is 10.5. The summed E-state index contributed by atoms with van der Waals surface area (Å²) in [7, 11) is 1.57. The van der Waals surface area contributed by atoms with Crippen LogP contribution in [0.2, 0.25) is 0 Å². The van der Waals surface area contributed by atoms with E-state index in [9.17, 15) is 9.59 Å². The summed E-state index contributed by atoms with van der Waals surface area (Å²) in [5.41, 5.74) is 2.30. The molecule has 7 nitrogen and oxygen atoms in total. The van der Waals surface area contributed by atoms with Crippen molar-refractivity contribution in [3.8, 4) is 22.7 Å². The van der Waals surface area contributed by atoms with E-state index >= 15 is 0 Å². The van der Waals surface area contributed by atoms with Gasteiger partial charge in [0.1, 0.15) is 18.0 Å². The van der Waals surface area contributed by atoms with Crippen LogP contribution in [0.3, 0.4) is 0 Å². The number of para-hydroxylation sites is 2. The number of amides is 1. The molecule has 1 N–H and O–H groups in total. The molecule has 0 atom stereocenters. The van der Waals surface area contributed by atoms with E-state index in [0.717, 1.165) is 18.5 Å². The summed E-state index contributed by atoms with van der Waals surface area (Å²) in [4.78, 5) is 24.8. The second-order valence-corrected chi connectivity index (χ2v) is 6.63. The van der Waals surface area contributed by atoms with E-state index in [1.807, 2.05) is 61.5 Å². The Kier molecular flexibility index (Phi) is 7.21. The Morgan fingerprint density at radius 2 is 1.80 bits per heavy atom. The second kappa shape index (κ2) is 10.2. The highest BCUT2D eigenvalue weighted by molar-refractivity contribution is 6.01. The van der Waals surface area contributed by atoms with Gasteiger partial charge in [-0.25, -0.2) is 4.68 Å². The Morgan fingerprint density at radius 1 is 1.07 bits per heavy atom. The third kappa shape index (κ3) is 5.05. The molecule has 0 unspecified atom stereocenters. The van der Waals surface area contributed by atoms with Gasteiger partial charge in [-0.05, 0) is 30.7 Å². The van der Waals surface area contributed by atoms with Crippen LogP contribution in [0, 0.1) is 0 Å². The molecule has 0 spiro atoms. The number of methoxy groups -OCH3 is 1. The lowest BCUT2D eigenvalue weighted by molar-refractivity contribution is -0.142. The first-order valence-electron chi connectivity index (χ1n) is 9.86. The predicted molar refractivity (Wildman–Crippen MR) is 114 cm³/mol. The van der Waals surface area contributed by atoms with Crippen LogP contribution in [0.4, 0.5) is 0 Å². The fraction of sp³-hybridized carbons (Fsp3) is 0.261. The number of unbranched alkanes of at least 4 members (excludes halogenated alkanes) is 1. The summed E-state index contributed by atoms with van der Waals surface area (Å²) in [6, 6.07) is 16.8. The Labute approximate surface area is 175 Å². The zero-order valence-electron chi connectivity index (χ0n) is 17.1. The van der Waals surface area contributed by atoms with Gasteiger partial charge in [0.15, 0.2) is 0 Å². The number of carbonyl (C=O) groups excluding carboxylic acids is 2.